The summed E-state index contributed by atoms with van der Waals surface area (Å²) in [7, 11) is 1.50. The summed E-state index contributed by atoms with van der Waals surface area (Å²) in [6.07, 6.45) is 4.68. The van der Waals surface area contributed by atoms with E-state index < -0.39 is 5.97 Å². The van der Waals surface area contributed by atoms with E-state index in [1.807, 2.05) is 0 Å². The van der Waals surface area contributed by atoms with Gasteiger partial charge in [0.15, 0.2) is 0 Å². The van der Waals surface area contributed by atoms with Crippen molar-refractivity contribution in [1.29, 1.82) is 0 Å². The molecule has 2 aromatic carbocycles. The number of aromatic carboxylic acids is 1. The lowest BCUT2D eigenvalue weighted by molar-refractivity contribution is 0.0693. The second-order valence-electron chi connectivity index (χ2n) is 6.53. The van der Waals surface area contributed by atoms with Gasteiger partial charge in [0.1, 0.15) is 22.8 Å². The number of aromatic hydroxyl groups is 2. The molecule has 2 rings (SSSR count). The number of rotatable bonds is 7. The van der Waals surface area contributed by atoms with Gasteiger partial charge in [0, 0.05) is 5.56 Å². The monoisotopic (exact) mass is 356 g/mol. The molecule has 0 bridgehead atoms. The largest absolute Gasteiger partial charge is 0.508 e. The summed E-state index contributed by atoms with van der Waals surface area (Å²) in [5, 5.41) is 29.5. The normalized spacial score (nSPS) is 11.2. The fraction of sp³-hybridized carbons (Fsp3) is 0.286. The number of phenolic OH excluding ortho intramolecular Hbond substituents is 1. The van der Waals surface area contributed by atoms with E-state index in [4.69, 9.17) is 4.74 Å². The highest BCUT2D eigenvalue weighted by Gasteiger charge is 2.22. The number of ether oxygens (including phenoxy) is 1. The molecule has 5 nitrogen and oxygen atoms in total. The van der Waals surface area contributed by atoms with E-state index in [1.165, 1.54) is 7.11 Å². The van der Waals surface area contributed by atoms with Gasteiger partial charge in [-0.1, -0.05) is 38.1 Å². The van der Waals surface area contributed by atoms with E-state index in [2.05, 4.69) is 13.8 Å². The highest BCUT2D eigenvalue weighted by Crippen LogP contribution is 2.36. The molecule has 0 aliphatic heterocycles. The van der Waals surface area contributed by atoms with Gasteiger partial charge in [0.2, 0.25) is 0 Å². The van der Waals surface area contributed by atoms with Gasteiger partial charge in [0.05, 0.1) is 7.11 Å². The minimum atomic E-state index is -1.19. The van der Waals surface area contributed by atoms with Crippen LogP contribution >= 0.6 is 0 Å². The molecule has 0 saturated heterocycles. The van der Waals surface area contributed by atoms with Gasteiger partial charge in [-0.25, -0.2) is 4.79 Å². The van der Waals surface area contributed by atoms with Crippen molar-refractivity contribution in [3.8, 4) is 17.2 Å². The Morgan fingerprint density at radius 3 is 2.35 bits per heavy atom. The molecule has 0 unspecified atom stereocenters. The Labute approximate surface area is 153 Å². The average molecular weight is 356 g/mol. The first kappa shape index (κ1) is 19.4. The first-order valence-corrected chi connectivity index (χ1v) is 8.46. The number of benzene rings is 2. The van der Waals surface area contributed by atoms with Crippen LogP contribution in [0.25, 0.3) is 12.2 Å². The molecule has 0 saturated carbocycles. The molecule has 0 aliphatic carbocycles. The second-order valence-corrected chi connectivity index (χ2v) is 6.53. The van der Waals surface area contributed by atoms with Gasteiger partial charge in [-0.05, 0) is 48.1 Å². The molecule has 0 atom stereocenters. The van der Waals surface area contributed by atoms with E-state index in [0.29, 0.717) is 29.2 Å². The second kappa shape index (κ2) is 8.43. The zero-order valence-corrected chi connectivity index (χ0v) is 15.2. The lowest BCUT2D eigenvalue weighted by atomic mass is 9.95. The molecule has 0 spiro atoms. The van der Waals surface area contributed by atoms with Crippen LogP contribution in [-0.2, 0) is 6.42 Å². The van der Waals surface area contributed by atoms with Crippen LogP contribution in [0.2, 0.25) is 0 Å². The van der Waals surface area contributed by atoms with Gasteiger partial charge in [-0.3, -0.25) is 0 Å². The molecule has 0 aliphatic rings. The van der Waals surface area contributed by atoms with E-state index in [-0.39, 0.29) is 17.1 Å². The zero-order valence-electron chi connectivity index (χ0n) is 15.2. The highest BCUT2D eigenvalue weighted by molar-refractivity contribution is 5.97. The van der Waals surface area contributed by atoms with Crippen molar-refractivity contribution >= 4 is 18.1 Å². The predicted molar refractivity (Wildman–Crippen MR) is 102 cm³/mol. The van der Waals surface area contributed by atoms with Crippen LogP contribution in [0.15, 0.2) is 30.3 Å². The van der Waals surface area contributed by atoms with Crippen molar-refractivity contribution in [1.82, 2.24) is 0 Å². The molecular weight excluding hydrogens is 332 g/mol. The number of phenols is 2. The summed E-state index contributed by atoms with van der Waals surface area (Å²) in [5.41, 5.74) is 1.52. The fourth-order valence-electron chi connectivity index (χ4n) is 2.69. The standard InChI is InChI=1S/C21H24O5/c1-13(2)4-11-17-18(26-3)12-15(19(20(17)23)21(24)25)8-5-14-6-9-16(22)10-7-14/h5-10,12-13,22-23H,4,11H2,1-3H3,(H,24,25). The topological polar surface area (TPSA) is 87.0 Å². The van der Waals surface area contributed by atoms with Crippen molar-refractivity contribution in [3.05, 3.63) is 52.6 Å². The first-order valence-electron chi connectivity index (χ1n) is 8.46. The summed E-state index contributed by atoms with van der Waals surface area (Å²) < 4.78 is 5.38. The fourth-order valence-corrected chi connectivity index (χ4v) is 2.69. The van der Waals surface area contributed by atoms with Crippen molar-refractivity contribution in [3.63, 3.8) is 0 Å². The Hall–Kier alpha value is -2.95. The van der Waals surface area contributed by atoms with Gasteiger partial charge < -0.3 is 20.1 Å². The highest BCUT2D eigenvalue weighted by atomic mass is 16.5. The third-order valence-electron chi connectivity index (χ3n) is 4.15. The molecule has 138 valence electrons. The third-order valence-corrected chi connectivity index (χ3v) is 4.15. The van der Waals surface area contributed by atoms with Gasteiger partial charge in [-0.2, -0.15) is 0 Å². The Balaban J connectivity index is 2.49. The molecule has 0 fully saturated rings. The molecule has 0 radical (unpaired) electrons. The molecule has 26 heavy (non-hydrogen) atoms. The number of carbonyl (C=O) groups is 1. The van der Waals surface area contributed by atoms with Gasteiger partial charge in [0.25, 0.3) is 0 Å². The molecule has 3 N–H and O–H groups in total. The maximum Gasteiger partial charge on any atom is 0.340 e. The number of methoxy groups -OCH3 is 1. The molecule has 2 aromatic rings. The Morgan fingerprint density at radius 1 is 1.15 bits per heavy atom. The van der Waals surface area contributed by atoms with Gasteiger partial charge in [-0.15, -0.1) is 0 Å². The number of hydrogen-bond donors (Lipinski definition) is 3. The SMILES string of the molecule is COc1cc(C=Cc2ccc(O)cc2)c(C(=O)O)c(O)c1CCC(C)C. The Bertz CT molecular complexity index is 804. The maximum atomic E-state index is 11.7. The quantitative estimate of drug-likeness (QED) is 0.633. The summed E-state index contributed by atoms with van der Waals surface area (Å²) in [6.45, 7) is 4.13. The van der Waals surface area contributed by atoms with Crippen LogP contribution in [0.5, 0.6) is 17.2 Å². The van der Waals surface area contributed by atoms with Gasteiger partial charge >= 0.3 is 5.97 Å². The summed E-state index contributed by atoms with van der Waals surface area (Å²) in [5.74, 6) is -0.397. The van der Waals surface area contributed by atoms with Crippen molar-refractivity contribution in [2.75, 3.05) is 7.11 Å². The van der Waals surface area contributed by atoms with Crippen LogP contribution in [-0.4, -0.2) is 28.4 Å². The molecule has 0 amide bonds. The molecule has 0 heterocycles. The third kappa shape index (κ3) is 4.57. The lowest BCUT2D eigenvalue weighted by Gasteiger charge is -2.16. The summed E-state index contributed by atoms with van der Waals surface area (Å²) >= 11 is 0. The first-order chi connectivity index (χ1) is 12.3. The number of carboxylic acid groups (broad SMARTS) is 1. The van der Waals surface area contributed by atoms with Crippen LogP contribution in [0.1, 0.15) is 47.3 Å². The zero-order chi connectivity index (χ0) is 19.3. The smallest absolute Gasteiger partial charge is 0.340 e. The number of carboxylic acids is 1. The Kier molecular flexibility index (Phi) is 6.28. The Morgan fingerprint density at radius 2 is 1.81 bits per heavy atom. The van der Waals surface area contributed by atoms with Crippen LogP contribution in [0, 0.1) is 5.92 Å². The predicted octanol–water partition coefficient (Wildman–Crippen LogP) is 4.56. The van der Waals surface area contributed by atoms with Crippen molar-refractivity contribution in [2.24, 2.45) is 5.92 Å². The molecular formula is C21H24O5. The minimum Gasteiger partial charge on any atom is -0.508 e. The van der Waals surface area contributed by atoms with Crippen molar-refractivity contribution < 1.29 is 24.9 Å². The molecule has 0 aromatic heterocycles. The summed E-state index contributed by atoms with van der Waals surface area (Å²) in [6, 6.07) is 8.15. The van der Waals surface area contributed by atoms with Crippen molar-refractivity contribution in [2.45, 2.75) is 26.7 Å². The minimum absolute atomic E-state index is 0.139. The average Bonchev–Trinajstić information content (AvgIpc) is 2.59. The summed E-state index contributed by atoms with van der Waals surface area (Å²) in [4.78, 5) is 11.7. The van der Waals surface area contributed by atoms with E-state index >= 15 is 0 Å². The van der Waals surface area contributed by atoms with E-state index in [9.17, 15) is 20.1 Å². The van der Waals surface area contributed by atoms with Crippen LogP contribution in [0.4, 0.5) is 0 Å². The van der Waals surface area contributed by atoms with E-state index in [1.54, 1.807) is 42.5 Å². The maximum absolute atomic E-state index is 11.7. The lowest BCUT2D eigenvalue weighted by Crippen LogP contribution is -2.05. The number of hydrogen-bond acceptors (Lipinski definition) is 4. The molecule has 5 heteroatoms. The van der Waals surface area contributed by atoms with Crippen LogP contribution < -0.4 is 4.74 Å². The van der Waals surface area contributed by atoms with Crippen LogP contribution in [0.3, 0.4) is 0 Å². The van der Waals surface area contributed by atoms with E-state index in [0.717, 1.165) is 12.0 Å².